The Morgan fingerprint density at radius 3 is 2.57 bits per heavy atom. The largest absolute Gasteiger partial charge is 0.355 e. The first-order chi connectivity index (χ1) is 9.47. The number of hydrogen-bond donors (Lipinski definition) is 2. The number of hydrogen-bond acceptors (Lipinski definition) is 2. The second kappa shape index (κ2) is 10.3. The molecule has 0 saturated heterocycles. The number of rotatable bonds is 5. The number of benzene rings is 1. The summed E-state index contributed by atoms with van der Waals surface area (Å²) in [5.41, 5.74) is 1.58. The summed E-state index contributed by atoms with van der Waals surface area (Å²) in [4.78, 5) is 4.19. The first-order valence-electron chi connectivity index (χ1n) is 6.74. The van der Waals surface area contributed by atoms with Crippen LogP contribution >= 0.6 is 35.7 Å². The van der Waals surface area contributed by atoms with Gasteiger partial charge in [-0.05, 0) is 37.3 Å². The van der Waals surface area contributed by atoms with E-state index in [1.54, 1.807) is 37.9 Å². The maximum Gasteiger partial charge on any atom is 0.191 e. The summed E-state index contributed by atoms with van der Waals surface area (Å²) in [5, 5.41) is 7.06. The third-order valence-electron chi connectivity index (χ3n) is 3.23. The minimum atomic E-state index is -0.171. The van der Waals surface area contributed by atoms with Gasteiger partial charge in [-0.1, -0.05) is 19.1 Å². The molecule has 1 aromatic carbocycles. The van der Waals surface area contributed by atoms with Crippen LogP contribution in [0.2, 0.25) is 0 Å². The zero-order chi connectivity index (χ0) is 15.1. The van der Waals surface area contributed by atoms with Crippen LogP contribution in [0.25, 0.3) is 0 Å². The van der Waals surface area contributed by atoms with Crippen LogP contribution in [0.15, 0.2) is 23.2 Å². The molecule has 21 heavy (non-hydrogen) atoms. The van der Waals surface area contributed by atoms with Crippen molar-refractivity contribution in [3.63, 3.8) is 0 Å². The number of thioether (sulfide) groups is 1. The summed E-state index contributed by atoms with van der Waals surface area (Å²) in [6.45, 7) is 6.76. The molecular weight excluding hydrogens is 400 g/mol. The minimum Gasteiger partial charge on any atom is -0.355 e. The van der Waals surface area contributed by atoms with Gasteiger partial charge in [0, 0.05) is 18.8 Å². The van der Waals surface area contributed by atoms with Gasteiger partial charge in [0.05, 0.1) is 6.04 Å². The average molecular weight is 425 g/mol. The van der Waals surface area contributed by atoms with Gasteiger partial charge in [-0.25, -0.2) is 4.39 Å². The zero-order valence-corrected chi connectivity index (χ0v) is 16.4. The standard InChI is InChI=1S/C15H24FN3S.HI/c1-10-6-7-13(8-14(10)16)12(3)19-15(17-4)18-9-11(2)20-5;/h6-8,11-12H,9H2,1-5H3,(H2,17,18,19);1H. The monoisotopic (exact) mass is 425 g/mol. The highest BCUT2D eigenvalue weighted by atomic mass is 127. The second-order valence-electron chi connectivity index (χ2n) is 4.87. The number of nitrogens with one attached hydrogen (secondary N) is 2. The molecule has 0 aliphatic heterocycles. The molecule has 0 fully saturated rings. The number of aliphatic imine (C=N–C) groups is 1. The van der Waals surface area contributed by atoms with Crippen molar-refractivity contribution in [1.82, 2.24) is 10.6 Å². The summed E-state index contributed by atoms with van der Waals surface area (Å²) in [7, 11) is 1.74. The molecule has 0 heterocycles. The van der Waals surface area contributed by atoms with Gasteiger partial charge in [-0.3, -0.25) is 4.99 Å². The van der Waals surface area contributed by atoms with Crippen molar-refractivity contribution in [2.24, 2.45) is 4.99 Å². The average Bonchev–Trinajstić information content (AvgIpc) is 2.45. The van der Waals surface area contributed by atoms with Crippen LogP contribution in [0.4, 0.5) is 4.39 Å². The van der Waals surface area contributed by atoms with Gasteiger partial charge < -0.3 is 10.6 Å². The van der Waals surface area contributed by atoms with E-state index in [0.29, 0.717) is 10.8 Å². The van der Waals surface area contributed by atoms with Crippen molar-refractivity contribution < 1.29 is 4.39 Å². The minimum absolute atomic E-state index is 0. The van der Waals surface area contributed by atoms with E-state index in [-0.39, 0.29) is 35.8 Å². The van der Waals surface area contributed by atoms with Crippen LogP contribution in [0, 0.1) is 12.7 Å². The Labute approximate surface area is 148 Å². The van der Waals surface area contributed by atoms with Gasteiger partial charge in [-0.2, -0.15) is 11.8 Å². The summed E-state index contributed by atoms with van der Waals surface area (Å²) in [6.07, 6.45) is 2.08. The molecule has 1 rings (SSSR count). The van der Waals surface area contributed by atoms with Crippen molar-refractivity contribution in [2.75, 3.05) is 19.8 Å². The van der Waals surface area contributed by atoms with Crippen LogP contribution in [0.1, 0.15) is 31.0 Å². The van der Waals surface area contributed by atoms with Crippen molar-refractivity contribution in [1.29, 1.82) is 0 Å². The lowest BCUT2D eigenvalue weighted by Gasteiger charge is -2.20. The lowest BCUT2D eigenvalue weighted by molar-refractivity contribution is 0.607. The van der Waals surface area contributed by atoms with Crippen LogP contribution in [-0.2, 0) is 0 Å². The quantitative estimate of drug-likeness (QED) is 0.429. The van der Waals surface area contributed by atoms with E-state index in [9.17, 15) is 4.39 Å². The number of nitrogens with zero attached hydrogens (tertiary/aromatic N) is 1. The molecule has 3 nitrogen and oxygen atoms in total. The van der Waals surface area contributed by atoms with Crippen molar-refractivity contribution in [3.05, 3.63) is 35.1 Å². The van der Waals surface area contributed by atoms with Crippen molar-refractivity contribution in [2.45, 2.75) is 32.1 Å². The summed E-state index contributed by atoms with van der Waals surface area (Å²) in [5.74, 6) is 0.564. The zero-order valence-electron chi connectivity index (χ0n) is 13.2. The number of halogens is 2. The molecule has 2 N–H and O–H groups in total. The topological polar surface area (TPSA) is 36.4 Å². The molecule has 0 aliphatic rings. The predicted molar refractivity (Wildman–Crippen MR) is 102 cm³/mol. The SMILES string of the molecule is CN=C(NCC(C)SC)NC(C)c1ccc(C)c(F)c1.I. The number of aryl methyl sites for hydroxylation is 1. The smallest absolute Gasteiger partial charge is 0.191 e. The molecule has 120 valence electrons. The molecule has 0 aliphatic carbocycles. The molecule has 6 heteroatoms. The fourth-order valence-corrected chi connectivity index (χ4v) is 1.94. The summed E-state index contributed by atoms with van der Waals surface area (Å²) >= 11 is 1.80. The van der Waals surface area contributed by atoms with Crippen molar-refractivity contribution in [3.8, 4) is 0 Å². The van der Waals surface area contributed by atoms with Gasteiger partial charge in [-0.15, -0.1) is 24.0 Å². The molecule has 0 saturated carbocycles. The number of guanidine groups is 1. The Kier molecular flexibility index (Phi) is 10.0. The second-order valence-corrected chi connectivity index (χ2v) is 6.15. The van der Waals surface area contributed by atoms with E-state index < -0.39 is 0 Å². The van der Waals surface area contributed by atoms with E-state index in [4.69, 9.17) is 0 Å². The maximum atomic E-state index is 13.6. The van der Waals surface area contributed by atoms with Crippen LogP contribution in [0.5, 0.6) is 0 Å². The molecule has 2 atom stereocenters. The van der Waals surface area contributed by atoms with E-state index in [2.05, 4.69) is 28.8 Å². The highest BCUT2D eigenvalue weighted by molar-refractivity contribution is 14.0. The van der Waals surface area contributed by atoms with Crippen LogP contribution in [0.3, 0.4) is 0 Å². The van der Waals surface area contributed by atoms with E-state index >= 15 is 0 Å². The molecule has 0 spiro atoms. The molecular formula is C15H25FIN3S. The van der Waals surface area contributed by atoms with Gasteiger partial charge in [0.2, 0.25) is 0 Å². The van der Waals surface area contributed by atoms with E-state index in [1.165, 1.54) is 0 Å². The maximum absolute atomic E-state index is 13.6. The van der Waals surface area contributed by atoms with E-state index in [1.807, 2.05) is 13.0 Å². The first kappa shape index (κ1) is 20.5. The Bertz CT molecular complexity index is 468. The molecule has 0 aromatic heterocycles. The van der Waals surface area contributed by atoms with Gasteiger partial charge in [0.25, 0.3) is 0 Å². The van der Waals surface area contributed by atoms with Crippen molar-refractivity contribution >= 4 is 41.7 Å². The van der Waals surface area contributed by atoms with Gasteiger partial charge in [0.15, 0.2) is 5.96 Å². The first-order valence-corrected chi connectivity index (χ1v) is 8.02. The Morgan fingerprint density at radius 1 is 1.38 bits per heavy atom. The lowest BCUT2D eigenvalue weighted by Crippen LogP contribution is -2.41. The Hall–Kier alpha value is -0.500. The molecule has 1 aromatic rings. The Balaban J connectivity index is 0.00000400. The summed E-state index contributed by atoms with van der Waals surface area (Å²) in [6, 6.07) is 5.31. The van der Waals surface area contributed by atoms with Crippen LogP contribution < -0.4 is 10.6 Å². The van der Waals surface area contributed by atoms with Crippen LogP contribution in [-0.4, -0.2) is 31.1 Å². The molecule has 0 bridgehead atoms. The van der Waals surface area contributed by atoms with Gasteiger partial charge >= 0.3 is 0 Å². The predicted octanol–water partition coefficient (Wildman–Crippen LogP) is 3.73. The molecule has 2 unspecified atom stereocenters. The van der Waals surface area contributed by atoms with Gasteiger partial charge in [0.1, 0.15) is 5.82 Å². The third kappa shape index (κ3) is 6.86. The lowest BCUT2D eigenvalue weighted by atomic mass is 10.1. The van der Waals surface area contributed by atoms with E-state index in [0.717, 1.165) is 18.1 Å². The normalized spacial score (nSPS) is 14.1. The molecule has 0 radical (unpaired) electrons. The third-order valence-corrected chi connectivity index (χ3v) is 4.20. The highest BCUT2D eigenvalue weighted by Crippen LogP contribution is 2.16. The highest BCUT2D eigenvalue weighted by Gasteiger charge is 2.10. The Morgan fingerprint density at radius 2 is 2.05 bits per heavy atom. The summed E-state index contributed by atoms with van der Waals surface area (Å²) < 4.78 is 13.6. The fourth-order valence-electron chi connectivity index (χ4n) is 1.69. The fraction of sp³-hybridized carbons (Fsp3) is 0.533. The molecule has 0 amide bonds.